The number of ether oxygens (including phenoxy) is 1. The van der Waals surface area contributed by atoms with E-state index in [0.29, 0.717) is 45.5 Å². The SMILES string of the molecule is C=C(C)[C@@H]1CC[C@]2(N)CC[C@]3(C)[C@H](CC[C@@H]4[C@@]5(C)CC=C(c6ccc(OC=O)s6)C(C)(C)[C@@H]5CC[C@]43C)[C@@H]12. The fourth-order valence-electron chi connectivity index (χ4n) is 11.8. The highest BCUT2D eigenvalue weighted by atomic mass is 32.1. The molecule has 2 N–H and O–H groups in total. The van der Waals surface area contributed by atoms with Gasteiger partial charge in [0.15, 0.2) is 5.06 Å². The summed E-state index contributed by atoms with van der Waals surface area (Å²) >= 11 is 1.61. The number of thiophene rings is 1. The van der Waals surface area contributed by atoms with Crippen molar-refractivity contribution in [2.75, 3.05) is 0 Å². The minimum absolute atomic E-state index is 0.0235. The van der Waals surface area contributed by atoms with Crippen LogP contribution in [0.1, 0.15) is 104 Å². The highest BCUT2D eigenvalue weighted by molar-refractivity contribution is 7.15. The molecule has 0 radical (unpaired) electrons. The van der Waals surface area contributed by atoms with Crippen molar-refractivity contribution in [1.82, 2.24) is 0 Å². The molecule has 6 rings (SSSR count). The first-order valence-electron chi connectivity index (χ1n) is 15.2. The van der Waals surface area contributed by atoms with Crippen molar-refractivity contribution in [2.45, 2.75) is 105 Å². The van der Waals surface area contributed by atoms with Gasteiger partial charge in [0.1, 0.15) is 0 Å². The number of nitrogens with two attached hydrogens (primary N) is 1. The van der Waals surface area contributed by atoms with Crippen molar-refractivity contribution in [2.24, 2.45) is 57.0 Å². The zero-order chi connectivity index (χ0) is 27.3. The van der Waals surface area contributed by atoms with Crippen molar-refractivity contribution in [1.29, 1.82) is 0 Å². The second-order valence-electron chi connectivity index (χ2n) is 15.3. The van der Waals surface area contributed by atoms with Gasteiger partial charge in [-0.1, -0.05) is 64.2 Å². The summed E-state index contributed by atoms with van der Waals surface area (Å²) in [6.45, 7) is 20.3. The lowest BCUT2D eigenvalue weighted by atomic mass is 9.33. The molecular weight excluding hydrogens is 486 g/mol. The number of hydrogen-bond donors (Lipinski definition) is 1. The zero-order valence-corrected chi connectivity index (χ0v) is 25.4. The molecule has 38 heavy (non-hydrogen) atoms. The Morgan fingerprint density at radius 1 is 1.00 bits per heavy atom. The fourth-order valence-corrected chi connectivity index (χ4v) is 12.8. The van der Waals surface area contributed by atoms with Gasteiger partial charge in [0.2, 0.25) is 0 Å². The van der Waals surface area contributed by atoms with E-state index in [1.165, 1.54) is 67.4 Å². The molecule has 9 atom stereocenters. The molecule has 0 unspecified atom stereocenters. The van der Waals surface area contributed by atoms with Gasteiger partial charge in [-0.15, -0.1) is 0 Å². The molecule has 1 aromatic rings. The standard InChI is InChI=1S/C34H49NO2S/c1-21(2)22-12-17-34(35)19-18-32(6)24(29(22)34)8-10-27-31(5)15-13-23(25-9-11-28(38-25)37-20-36)30(3,4)26(31)14-16-33(27,32)7/h9,11,13,20,22,24,26-27,29H,1,8,10,12,14-19,35H2,2-7H3/t22-,24+,26-,27+,29+,31-,32+,33+,34-/m0/s1. The van der Waals surface area contributed by atoms with Gasteiger partial charge in [-0.05, 0) is 134 Å². The van der Waals surface area contributed by atoms with Crippen LogP contribution in [0, 0.1) is 51.2 Å². The van der Waals surface area contributed by atoms with Crippen molar-refractivity contribution < 1.29 is 9.53 Å². The Balaban J connectivity index is 1.36. The quantitative estimate of drug-likeness (QED) is 0.310. The van der Waals surface area contributed by atoms with Crippen LogP contribution in [0.2, 0.25) is 0 Å². The highest BCUT2D eigenvalue weighted by Crippen LogP contribution is 2.76. The van der Waals surface area contributed by atoms with E-state index in [0.717, 1.165) is 18.3 Å². The number of hydrogen-bond acceptors (Lipinski definition) is 4. The van der Waals surface area contributed by atoms with Crippen LogP contribution >= 0.6 is 11.3 Å². The number of carbonyl (C=O) groups is 1. The van der Waals surface area contributed by atoms with E-state index in [4.69, 9.17) is 10.5 Å². The maximum Gasteiger partial charge on any atom is 0.299 e. The van der Waals surface area contributed by atoms with Crippen LogP contribution in [0.5, 0.6) is 5.06 Å². The number of carbonyl (C=O) groups excluding carboxylic acids is 1. The minimum Gasteiger partial charge on any atom is -0.418 e. The monoisotopic (exact) mass is 535 g/mol. The van der Waals surface area contributed by atoms with Gasteiger partial charge >= 0.3 is 0 Å². The van der Waals surface area contributed by atoms with Crippen molar-refractivity contribution in [3.63, 3.8) is 0 Å². The summed E-state index contributed by atoms with van der Waals surface area (Å²) in [5, 5.41) is 0.691. The summed E-state index contributed by atoms with van der Waals surface area (Å²) in [5.74, 6) is 3.32. The third-order valence-electron chi connectivity index (χ3n) is 13.7. The largest absolute Gasteiger partial charge is 0.418 e. The summed E-state index contributed by atoms with van der Waals surface area (Å²) in [6, 6.07) is 4.10. The lowest BCUT2D eigenvalue weighted by Gasteiger charge is -2.72. The molecule has 0 saturated heterocycles. The van der Waals surface area contributed by atoms with E-state index in [1.807, 2.05) is 6.07 Å². The van der Waals surface area contributed by atoms with Gasteiger partial charge in [-0.3, -0.25) is 4.79 Å². The van der Waals surface area contributed by atoms with Crippen LogP contribution in [0.4, 0.5) is 0 Å². The number of rotatable bonds is 4. The second kappa shape index (κ2) is 8.56. The second-order valence-corrected chi connectivity index (χ2v) is 16.3. The van der Waals surface area contributed by atoms with Gasteiger partial charge in [0.25, 0.3) is 6.47 Å². The molecule has 1 aromatic heterocycles. The zero-order valence-electron chi connectivity index (χ0n) is 24.6. The normalized spacial score (nSPS) is 47.1. The molecule has 0 aliphatic heterocycles. The molecule has 5 aliphatic rings. The maximum atomic E-state index is 10.9. The molecule has 208 valence electrons. The van der Waals surface area contributed by atoms with E-state index in [1.54, 1.807) is 11.3 Å². The molecule has 5 aliphatic carbocycles. The van der Waals surface area contributed by atoms with Crippen LogP contribution in [0.25, 0.3) is 5.57 Å². The Kier molecular flexibility index (Phi) is 6.04. The smallest absolute Gasteiger partial charge is 0.299 e. The molecule has 0 aromatic carbocycles. The molecule has 1 heterocycles. The predicted octanol–water partition coefficient (Wildman–Crippen LogP) is 8.65. The molecule has 3 nitrogen and oxygen atoms in total. The van der Waals surface area contributed by atoms with Crippen LogP contribution in [-0.4, -0.2) is 12.0 Å². The topological polar surface area (TPSA) is 52.3 Å². The molecule has 4 saturated carbocycles. The van der Waals surface area contributed by atoms with Gasteiger partial charge in [0.05, 0.1) is 0 Å². The number of fused-ring (bicyclic) bond motifs is 7. The van der Waals surface area contributed by atoms with Crippen molar-refractivity contribution >= 4 is 23.4 Å². The van der Waals surface area contributed by atoms with Gasteiger partial charge < -0.3 is 10.5 Å². The summed E-state index contributed by atoms with van der Waals surface area (Å²) in [5.41, 5.74) is 11.2. The maximum absolute atomic E-state index is 10.9. The van der Waals surface area contributed by atoms with Gasteiger partial charge in [-0.25, -0.2) is 0 Å². The first-order chi connectivity index (χ1) is 17.8. The lowest BCUT2D eigenvalue weighted by Crippen LogP contribution is -2.67. The fraction of sp³-hybridized carbons (Fsp3) is 0.735. The Bertz CT molecular complexity index is 1180. The third-order valence-corrected chi connectivity index (χ3v) is 14.7. The molecule has 0 spiro atoms. The highest BCUT2D eigenvalue weighted by Gasteiger charge is 2.70. The summed E-state index contributed by atoms with van der Waals surface area (Å²) < 4.78 is 5.17. The van der Waals surface area contributed by atoms with Crippen molar-refractivity contribution in [3.8, 4) is 5.06 Å². The number of allylic oxidation sites excluding steroid dienone is 3. The van der Waals surface area contributed by atoms with E-state index >= 15 is 0 Å². The molecule has 4 heteroatoms. The predicted molar refractivity (Wildman–Crippen MR) is 158 cm³/mol. The lowest BCUT2D eigenvalue weighted by molar-refractivity contribution is -0.217. The summed E-state index contributed by atoms with van der Waals surface area (Å²) in [6.07, 6.45) is 13.9. The molecular formula is C34H49NO2S. The molecule has 4 fully saturated rings. The first kappa shape index (κ1) is 26.8. The van der Waals surface area contributed by atoms with E-state index in [-0.39, 0.29) is 11.0 Å². The van der Waals surface area contributed by atoms with Gasteiger partial charge in [-0.2, -0.15) is 0 Å². The first-order valence-corrected chi connectivity index (χ1v) is 16.0. The average Bonchev–Trinajstić information content (AvgIpc) is 3.44. The van der Waals surface area contributed by atoms with Crippen molar-refractivity contribution in [3.05, 3.63) is 35.2 Å². The van der Waals surface area contributed by atoms with Crippen LogP contribution < -0.4 is 10.5 Å². The van der Waals surface area contributed by atoms with E-state index < -0.39 is 0 Å². The average molecular weight is 536 g/mol. The third kappa shape index (κ3) is 3.38. The van der Waals surface area contributed by atoms with Crippen LogP contribution in [0.3, 0.4) is 0 Å². The minimum atomic E-state index is 0.0235. The van der Waals surface area contributed by atoms with E-state index in [9.17, 15) is 4.79 Å². The Morgan fingerprint density at radius 3 is 2.47 bits per heavy atom. The Morgan fingerprint density at radius 2 is 1.76 bits per heavy atom. The molecule has 0 bridgehead atoms. The van der Waals surface area contributed by atoms with Gasteiger partial charge in [0, 0.05) is 10.4 Å². The Labute approximate surface area is 234 Å². The molecule has 0 amide bonds. The van der Waals surface area contributed by atoms with Crippen LogP contribution in [0.15, 0.2) is 30.4 Å². The summed E-state index contributed by atoms with van der Waals surface area (Å²) in [7, 11) is 0. The summed E-state index contributed by atoms with van der Waals surface area (Å²) in [4.78, 5) is 12.2. The van der Waals surface area contributed by atoms with Crippen LogP contribution in [-0.2, 0) is 4.79 Å². The van der Waals surface area contributed by atoms with E-state index in [2.05, 4.69) is 60.3 Å². The Hall–Kier alpha value is -1.39.